The highest BCUT2D eigenvalue weighted by Gasteiger charge is 2.19. The Bertz CT molecular complexity index is 864. The fraction of sp³-hybridized carbons (Fsp3) is 0.450. The first kappa shape index (κ1) is 20.2. The summed E-state index contributed by atoms with van der Waals surface area (Å²) in [5, 5.41) is 8.83. The molecular weight excluding hydrogens is 348 g/mol. The number of hydrogen-bond acceptors (Lipinski definition) is 4. The van der Waals surface area contributed by atoms with Crippen LogP contribution < -0.4 is 5.56 Å². The SMILES string of the molecule is Cc1nc(SC(C)C(=O)O)n(C)c(=O)c1Cc1ccc(C(C)(C)C)cc1. The lowest BCUT2D eigenvalue weighted by Crippen LogP contribution is -2.27. The van der Waals surface area contributed by atoms with Gasteiger partial charge in [-0.15, -0.1) is 0 Å². The van der Waals surface area contributed by atoms with E-state index in [1.54, 1.807) is 20.9 Å². The van der Waals surface area contributed by atoms with Crippen LogP contribution in [0.4, 0.5) is 0 Å². The molecule has 1 N–H and O–H groups in total. The first-order valence-electron chi connectivity index (χ1n) is 8.56. The van der Waals surface area contributed by atoms with Gasteiger partial charge in [0.1, 0.15) is 5.25 Å². The van der Waals surface area contributed by atoms with Gasteiger partial charge in [0.05, 0.1) is 0 Å². The first-order valence-corrected chi connectivity index (χ1v) is 9.44. The Morgan fingerprint density at radius 1 is 1.27 bits per heavy atom. The van der Waals surface area contributed by atoms with Gasteiger partial charge in [0.15, 0.2) is 5.16 Å². The molecule has 2 aromatic rings. The van der Waals surface area contributed by atoms with E-state index >= 15 is 0 Å². The van der Waals surface area contributed by atoms with E-state index in [1.807, 2.05) is 0 Å². The number of nitrogens with zero attached hydrogens (tertiary/aromatic N) is 2. The zero-order valence-electron chi connectivity index (χ0n) is 16.2. The van der Waals surface area contributed by atoms with Gasteiger partial charge in [-0.25, -0.2) is 4.98 Å². The summed E-state index contributed by atoms with van der Waals surface area (Å²) in [5.41, 5.74) is 3.55. The number of carbonyl (C=O) groups is 1. The third kappa shape index (κ3) is 4.55. The van der Waals surface area contributed by atoms with Crippen molar-refractivity contribution >= 4 is 17.7 Å². The number of carboxylic acids is 1. The first-order chi connectivity index (χ1) is 12.0. The van der Waals surface area contributed by atoms with Crippen molar-refractivity contribution in [1.29, 1.82) is 0 Å². The Morgan fingerprint density at radius 2 is 1.85 bits per heavy atom. The van der Waals surface area contributed by atoms with E-state index in [2.05, 4.69) is 50.0 Å². The Labute approximate surface area is 158 Å². The van der Waals surface area contributed by atoms with Crippen molar-refractivity contribution in [1.82, 2.24) is 9.55 Å². The Morgan fingerprint density at radius 3 is 2.35 bits per heavy atom. The molecule has 0 spiro atoms. The Hall–Kier alpha value is -2.08. The molecule has 0 fully saturated rings. The number of aryl methyl sites for hydroxylation is 1. The normalized spacial score (nSPS) is 12.8. The summed E-state index contributed by atoms with van der Waals surface area (Å²) in [6.07, 6.45) is 0.509. The largest absolute Gasteiger partial charge is 0.480 e. The van der Waals surface area contributed by atoms with Gasteiger partial charge >= 0.3 is 5.97 Å². The number of aliphatic carboxylic acids is 1. The second-order valence-corrected chi connectivity index (χ2v) is 8.85. The summed E-state index contributed by atoms with van der Waals surface area (Å²) in [6.45, 7) is 9.88. The molecule has 0 aliphatic rings. The third-order valence-corrected chi connectivity index (χ3v) is 5.51. The van der Waals surface area contributed by atoms with E-state index in [0.29, 0.717) is 22.8 Å². The molecule has 1 atom stereocenters. The van der Waals surface area contributed by atoms with Crippen LogP contribution in [0.25, 0.3) is 0 Å². The minimum Gasteiger partial charge on any atom is -0.480 e. The predicted octanol–water partition coefficient (Wildman–Crippen LogP) is 3.54. The lowest BCUT2D eigenvalue weighted by Gasteiger charge is -2.19. The maximum Gasteiger partial charge on any atom is 0.316 e. The standard InChI is InChI=1S/C20H26N2O3S/c1-12-16(11-14-7-9-15(10-8-14)20(3,4)5)17(23)22(6)19(21-12)26-13(2)18(24)25/h7-10,13H,11H2,1-6H3,(H,24,25). The van der Waals surface area contributed by atoms with Crippen LogP contribution in [0.1, 0.15) is 50.1 Å². The van der Waals surface area contributed by atoms with Crippen LogP contribution in [0.5, 0.6) is 0 Å². The van der Waals surface area contributed by atoms with Crippen LogP contribution in [-0.2, 0) is 23.7 Å². The minimum atomic E-state index is -0.926. The summed E-state index contributed by atoms with van der Waals surface area (Å²) < 4.78 is 1.44. The summed E-state index contributed by atoms with van der Waals surface area (Å²) in [5.74, 6) is -0.926. The van der Waals surface area contributed by atoms with Gasteiger partial charge in [0, 0.05) is 24.7 Å². The minimum absolute atomic E-state index is 0.0891. The van der Waals surface area contributed by atoms with Crippen molar-refractivity contribution in [3.8, 4) is 0 Å². The molecule has 1 aromatic heterocycles. The Balaban J connectivity index is 2.32. The van der Waals surface area contributed by atoms with Crippen LogP contribution in [0, 0.1) is 6.92 Å². The van der Waals surface area contributed by atoms with Crippen molar-refractivity contribution in [2.24, 2.45) is 7.05 Å². The molecular formula is C20H26N2O3S. The molecule has 0 aliphatic heterocycles. The quantitative estimate of drug-likeness (QED) is 0.640. The zero-order valence-corrected chi connectivity index (χ0v) is 17.0. The topological polar surface area (TPSA) is 72.2 Å². The molecule has 0 saturated carbocycles. The maximum atomic E-state index is 12.8. The van der Waals surface area contributed by atoms with Crippen molar-refractivity contribution < 1.29 is 9.90 Å². The smallest absolute Gasteiger partial charge is 0.316 e. The number of benzene rings is 1. The highest BCUT2D eigenvalue weighted by atomic mass is 32.2. The van der Waals surface area contributed by atoms with E-state index in [4.69, 9.17) is 5.11 Å². The summed E-state index contributed by atoms with van der Waals surface area (Å²) >= 11 is 1.08. The van der Waals surface area contributed by atoms with Crippen LogP contribution in [0.3, 0.4) is 0 Å². The van der Waals surface area contributed by atoms with E-state index < -0.39 is 11.2 Å². The fourth-order valence-electron chi connectivity index (χ4n) is 2.57. The van der Waals surface area contributed by atoms with E-state index in [-0.39, 0.29) is 11.0 Å². The second kappa shape index (κ2) is 7.66. The summed E-state index contributed by atoms with van der Waals surface area (Å²) in [4.78, 5) is 28.3. The van der Waals surface area contributed by atoms with Gasteiger partial charge in [0.25, 0.3) is 5.56 Å². The lowest BCUT2D eigenvalue weighted by atomic mass is 9.86. The average molecular weight is 375 g/mol. The molecule has 26 heavy (non-hydrogen) atoms. The number of hydrogen-bond donors (Lipinski definition) is 1. The highest BCUT2D eigenvalue weighted by Crippen LogP contribution is 2.24. The Kier molecular flexibility index (Phi) is 5.96. The molecule has 0 aliphatic carbocycles. The molecule has 1 unspecified atom stereocenters. The van der Waals surface area contributed by atoms with Crippen LogP contribution >= 0.6 is 11.8 Å². The third-order valence-electron chi connectivity index (χ3n) is 4.38. The van der Waals surface area contributed by atoms with Gasteiger partial charge < -0.3 is 5.11 Å². The monoisotopic (exact) mass is 374 g/mol. The van der Waals surface area contributed by atoms with Crippen molar-refractivity contribution in [3.05, 3.63) is 57.0 Å². The molecule has 2 rings (SSSR count). The van der Waals surface area contributed by atoms with Gasteiger partial charge in [-0.3, -0.25) is 14.2 Å². The molecule has 0 amide bonds. The van der Waals surface area contributed by atoms with Gasteiger partial charge in [-0.05, 0) is 30.4 Å². The van der Waals surface area contributed by atoms with Gasteiger partial charge in [-0.1, -0.05) is 56.8 Å². The molecule has 140 valence electrons. The molecule has 0 radical (unpaired) electrons. The number of carboxylic acid groups (broad SMARTS) is 1. The molecule has 6 heteroatoms. The van der Waals surface area contributed by atoms with Crippen LogP contribution in [-0.4, -0.2) is 25.9 Å². The van der Waals surface area contributed by atoms with Gasteiger partial charge in [0.2, 0.25) is 0 Å². The van der Waals surface area contributed by atoms with E-state index in [9.17, 15) is 9.59 Å². The molecule has 1 aromatic carbocycles. The molecule has 1 heterocycles. The summed E-state index contributed by atoms with van der Waals surface area (Å²) in [7, 11) is 1.64. The van der Waals surface area contributed by atoms with Crippen LogP contribution in [0.15, 0.2) is 34.2 Å². The van der Waals surface area contributed by atoms with Crippen molar-refractivity contribution in [3.63, 3.8) is 0 Å². The van der Waals surface area contributed by atoms with Crippen molar-refractivity contribution in [2.45, 2.75) is 56.9 Å². The number of thioether (sulfide) groups is 1. The average Bonchev–Trinajstić information content (AvgIpc) is 2.55. The summed E-state index contributed by atoms with van der Waals surface area (Å²) in [6, 6.07) is 8.30. The van der Waals surface area contributed by atoms with E-state index in [0.717, 1.165) is 17.3 Å². The van der Waals surface area contributed by atoms with Gasteiger partial charge in [-0.2, -0.15) is 0 Å². The number of rotatable bonds is 5. The highest BCUT2D eigenvalue weighted by molar-refractivity contribution is 8.00. The number of aromatic nitrogens is 2. The molecule has 0 bridgehead atoms. The fourth-order valence-corrected chi connectivity index (χ4v) is 3.42. The van der Waals surface area contributed by atoms with Crippen LogP contribution in [0.2, 0.25) is 0 Å². The van der Waals surface area contributed by atoms with E-state index in [1.165, 1.54) is 10.1 Å². The lowest BCUT2D eigenvalue weighted by molar-refractivity contribution is -0.136. The van der Waals surface area contributed by atoms with Crippen molar-refractivity contribution in [2.75, 3.05) is 0 Å². The maximum absolute atomic E-state index is 12.8. The predicted molar refractivity (Wildman–Crippen MR) is 105 cm³/mol. The second-order valence-electron chi connectivity index (χ2n) is 7.54. The molecule has 0 saturated heterocycles. The molecule has 5 nitrogen and oxygen atoms in total. The zero-order chi connectivity index (χ0) is 19.6.